The van der Waals surface area contributed by atoms with Crippen molar-refractivity contribution >= 4 is 22.4 Å². The third kappa shape index (κ3) is 3.99. The Morgan fingerprint density at radius 3 is 2.77 bits per heavy atom. The van der Waals surface area contributed by atoms with Crippen LogP contribution in [0.15, 0.2) is 11.1 Å². The molecule has 0 saturated carbocycles. The highest BCUT2D eigenvalue weighted by Crippen LogP contribution is 2.27. The van der Waals surface area contributed by atoms with Crippen molar-refractivity contribution < 1.29 is 4.79 Å². The maximum Gasteiger partial charge on any atom is 0.256 e. The average Bonchev–Trinajstić information content (AvgIpc) is 3.04. The van der Waals surface area contributed by atoms with Crippen LogP contribution in [0, 0.1) is 0 Å². The van der Waals surface area contributed by atoms with Gasteiger partial charge in [-0.25, -0.2) is 4.98 Å². The number of aromatic nitrogens is 4. The minimum Gasteiger partial charge on any atom is -0.299 e. The molecule has 3 rings (SSSR count). The lowest BCUT2D eigenvalue weighted by molar-refractivity contribution is -0.117. The quantitative estimate of drug-likeness (QED) is 0.867. The van der Waals surface area contributed by atoms with Gasteiger partial charge in [0.15, 0.2) is 0 Å². The molecule has 0 saturated heterocycles. The summed E-state index contributed by atoms with van der Waals surface area (Å²) in [4.78, 5) is 31.0. The summed E-state index contributed by atoms with van der Waals surface area (Å²) in [6, 6.07) is 0. The average molecular weight is 376 g/mol. The number of rotatable bonds is 4. The van der Waals surface area contributed by atoms with E-state index in [1.54, 1.807) is 10.9 Å². The Bertz CT molecular complexity index is 867. The van der Waals surface area contributed by atoms with Gasteiger partial charge in [0.1, 0.15) is 5.01 Å². The van der Waals surface area contributed by atoms with Gasteiger partial charge in [0.2, 0.25) is 11.0 Å². The van der Waals surface area contributed by atoms with Crippen LogP contribution >= 0.6 is 11.3 Å². The van der Waals surface area contributed by atoms with Gasteiger partial charge < -0.3 is 0 Å². The second-order valence-corrected chi connectivity index (χ2v) is 8.41. The Balaban J connectivity index is 1.62. The second-order valence-electron chi connectivity index (χ2n) is 7.43. The zero-order chi connectivity index (χ0) is 18.9. The van der Waals surface area contributed by atoms with Crippen LogP contribution in [0.4, 0.5) is 5.13 Å². The molecule has 1 aliphatic heterocycles. The predicted octanol–water partition coefficient (Wildman–Crippen LogP) is 1.41. The maximum absolute atomic E-state index is 12.3. The van der Waals surface area contributed by atoms with Crippen molar-refractivity contribution in [1.82, 2.24) is 24.6 Å². The van der Waals surface area contributed by atoms with Gasteiger partial charge in [-0.2, -0.15) is 0 Å². The van der Waals surface area contributed by atoms with Crippen LogP contribution in [0.3, 0.4) is 0 Å². The van der Waals surface area contributed by atoms with E-state index in [2.05, 4.69) is 41.3 Å². The number of hydrogen-bond donors (Lipinski definition) is 1. The first-order valence-electron chi connectivity index (χ1n) is 8.71. The lowest BCUT2D eigenvalue weighted by atomic mass is 9.98. The van der Waals surface area contributed by atoms with Crippen molar-refractivity contribution in [2.45, 2.75) is 52.6 Å². The molecule has 8 nitrogen and oxygen atoms in total. The molecule has 9 heteroatoms. The van der Waals surface area contributed by atoms with Crippen molar-refractivity contribution in [2.24, 2.45) is 0 Å². The molecule has 1 N–H and O–H groups in total. The fourth-order valence-corrected chi connectivity index (χ4v) is 3.63. The number of nitrogens with one attached hydrogen (secondary N) is 1. The molecule has 0 spiro atoms. The van der Waals surface area contributed by atoms with Crippen molar-refractivity contribution in [3.63, 3.8) is 0 Å². The van der Waals surface area contributed by atoms with Crippen LogP contribution in [-0.4, -0.2) is 43.6 Å². The number of anilines is 1. The third-order valence-electron chi connectivity index (χ3n) is 4.29. The second kappa shape index (κ2) is 7.24. The van der Waals surface area contributed by atoms with E-state index in [-0.39, 0.29) is 23.4 Å². The predicted molar refractivity (Wildman–Crippen MR) is 100 cm³/mol. The van der Waals surface area contributed by atoms with Crippen LogP contribution in [0.1, 0.15) is 44.0 Å². The van der Waals surface area contributed by atoms with E-state index >= 15 is 0 Å². The van der Waals surface area contributed by atoms with Gasteiger partial charge in [-0.15, -0.1) is 10.2 Å². The van der Waals surface area contributed by atoms with E-state index in [0.29, 0.717) is 31.2 Å². The summed E-state index contributed by atoms with van der Waals surface area (Å²) in [5.41, 5.74) is 1.48. The highest BCUT2D eigenvalue weighted by molar-refractivity contribution is 7.15. The number of carbonyl (C=O) groups is 1. The molecule has 3 heterocycles. The lowest BCUT2D eigenvalue weighted by Gasteiger charge is -2.27. The summed E-state index contributed by atoms with van der Waals surface area (Å²) >= 11 is 1.40. The number of carbonyl (C=O) groups excluding carboxylic acids is 1. The molecule has 26 heavy (non-hydrogen) atoms. The fourth-order valence-electron chi connectivity index (χ4n) is 2.81. The molecule has 0 bridgehead atoms. The Morgan fingerprint density at radius 1 is 1.35 bits per heavy atom. The standard InChI is InChI=1S/C17H24N6O2S/c1-5-23-10-18-12-8-22(7-6-11(12)14(23)25)9-13(24)19-16-21-20-15(26-16)17(2,3)4/h10H,5-9H2,1-4H3,(H,19,21,24). The highest BCUT2D eigenvalue weighted by Gasteiger charge is 2.24. The summed E-state index contributed by atoms with van der Waals surface area (Å²) in [6.07, 6.45) is 2.20. The number of nitrogens with zero attached hydrogens (tertiary/aromatic N) is 5. The van der Waals surface area contributed by atoms with Crippen LogP contribution in [0.2, 0.25) is 0 Å². The monoisotopic (exact) mass is 376 g/mol. The molecule has 2 aromatic heterocycles. The molecule has 0 aliphatic carbocycles. The zero-order valence-electron chi connectivity index (χ0n) is 15.6. The number of aryl methyl sites for hydroxylation is 1. The van der Waals surface area contributed by atoms with E-state index in [0.717, 1.165) is 16.3 Å². The highest BCUT2D eigenvalue weighted by atomic mass is 32.1. The third-order valence-corrected chi connectivity index (χ3v) is 5.56. The van der Waals surface area contributed by atoms with Gasteiger partial charge in [-0.05, 0) is 13.3 Å². The molecule has 0 radical (unpaired) electrons. The molecular weight excluding hydrogens is 352 g/mol. The molecule has 0 fully saturated rings. The first-order chi connectivity index (χ1) is 12.3. The molecule has 0 atom stereocenters. The van der Waals surface area contributed by atoms with Crippen molar-refractivity contribution in [3.05, 3.63) is 32.9 Å². The summed E-state index contributed by atoms with van der Waals surface area (Å²) < 4.78 is 1.61. The molecule has 2 aromatic rings. The summed E-state index contributed by atoms with van der Waals surface area (Å²) in [6.45, 7) is 10.1. The largest absolute Gasteiger partial charge is 0.299 e. The topological polar surface area (TPSA) is 93.0 Å². The Labute approximate surface area is 156 Å². The number of amides is 1. The van der Waals surface area contributed by atoms with Crippen LogP contribution in [0.25, 0.3) is 0 Å². The van der Waals surface area contributed by atoms with Gasteiger partial charge in [-0.1, -0.05) is 32.1 Å². The molecule has 1 aliphatic rings. The van der Waals surface area contributed by atoms with Crippen LogP contribution in [0.5, 0.6) is 0 Å². The summed E-state index contributed by atoms with van der Waals surface area (Å²) in [5.74, 6) is -0.132. The van der Waals surface area contributed by atoms with E-state index in [1.165, 1.54) is 11.3 Å². The molecule has 0 unspecified atom stereocenters. The molecule has 0 aromatic carbocycles. The van der Waals surface area contributed by atoms with Gasteiger partial charge in [-0.3, -0.25) is 24.4 Å². The Kier molecular flexibility index (Phi) is 5.19. The fraction of sp³-hybridized carbons (Fsp3) is 0.588. The van der Waals surface area contributed by atoms with Gasteiger partial charge >= 0.3 is 0 Å². The van der Waals surface area contributed by atoms with Crippen molar-refractivity contribution in [2.75, 3.05) is 18.4 Å². The molecule has 1 amide bonds. The van der Waals surface area contributed by atoms with E-state index < -0.39 is 0 Å². The van der Waals surface area contributed by atoms with Gasteiger partial charge in [0, 0.05) is 30.6 Å². The summed E-state index contributed by atoms with van der Waals surface area (Å²) in [7, 11) is 0. The van der Waals surface area contributed by atoms with Crippen molar-refractivity contribution in [3.8, 4) is 0 Å². The minimum atomic E-state index is -0.132. The smallest absolute Gasteiger partial charge is 0.256 e. The SMILES string of the molecule is CCn1cnc2c(c1=O)CCN(CC(=O)Nc1nnc(C(C)(C)C)s1)C2. The first-order valence-corrected chi connectivity index (χ1v) is 9.53. The first kappa shape index (κ1) is 18.7. The molecule has 140 valence electrons. The lowest BCUT2D eigenvalue weighted by Crippen LogP contribution is -2.40. The van der Waals surface area contributed by atoms with E-state index in [9.17, 15) is 9.59 Å². The summed E-state index contributed by atoms with van der Waals surface area (Å²) in [5, 5.41) is 12.4. The van der Waals surface area contributed by atoms with E-state index in [1.807, 2.05) is 11.8 Å². The van der Waals surface area contributed by atoms with Gasteiger partial charge in [0.25, 0.3) is 5.56 Å². The Morgan fingerprint density at radius 2 is 2.12 bits per heavy atom. The maximum atomic E-state index is 12.3. The van der Waals surface area contributed by atoms with Crippen molar-refractivity contribution in [1.29, 1.82) is 0 Å². The molecular formula is C17H24N6O2S. The number of fused-ring (bicyclic) bond motifs is 1. The van der Waals surface area contributed by atoms with Crippen LogP contribution < -0.4 is 10.9 Å². The normalized spacial score (nSPS) is 14.9. The zero-order valence-corrected chi connectivity index (χ0v) is 16.4. The van der Waals surface area contributed by atoms with Gasteiger partial charge in [0.05, 0.1) is 18.6 Å². The minimum absolute atomic E-state index is 0.0326. The van der Waals surface area contributed by atoms with E-state index in [4.69, 9.17) is 0 Å². The Hall–Kier alpha value is -2.13. The number of hydrogen-bond acceptors (Lipinski definition) is 7. The van der Waals surface area contributed by atoms with Crippen LogP contribution in [-0.2, 0) is 29.7 Å².